The van der Waals surface area contributed by atoms with Crippen molar-refractivity contribution >= 4 is 22.6 Å². The Morgan fingerprint density at radius 2 is 2.28 bits per heavy atom. The van der Waals surface area contributed by atoms with Crippen molar-refractivity contribution in [3.8, 4) is 5.82 Å². The topological polar surface area (TPSA) is 55.6 Å². The molecule has 0 bridgehead atoms. The van der Waals surface area contributed by atoms with Crippen LogP contribution in [-0.2, 0) is 6.54 Å². The summed E-state index contributed by atoms with van der Waals surface area (Å²) in [6, 6.07) is 0.678. The molecular formula is C12H14IN5. The van der Waals surface area contributed by atoms with E-state index in [0.717, 1.165) is 27.3 Å². The molecule has 0 spiro atoms. The molecule has 2 aromatic rings. The summed E-state index contributed by atoms with van der Waals surface area (Å²) in [6.07, 6.45) is 8.25. The predicted molar refractivity (Wildman–Crippen MR) is 76.5 cm³/mol. The number of hydrogen-bond donors (Lipinski definition) is 1. The van der Waals surface area contributed by atoms with E-state index in [0.29, 0.717) is 6.04 Å². The normalized spacial score (nSPS) is 15.0. The minimum Gasteiger partial charge on any atom is -0.310 e. The highest BCUT2D eigenvalue weighted by atomic mass is 127. The molecule has 1 fully saturated rings. The Morgan fingerprint density at radius 1 is 1.44 bits per heavy atom. The summed E-state index contributed by atoms with van der Waals surface area (Å²) in [5.41, 5.74) is 1.09. The van der Waals surface area contributed by atoms with Gasteiger partial charge in [0.1, 0.15) is 5.82 Å². The summed E-state index contributed by atoms with van der Waals surface area (Å²) < 4.78 is 2.92. The number of hydrogen-bond acceptors (Lipinski definition) is 4. The Balaban J connectivity index is 1.91. The number of aromatic nitrogens is 4. The number of rotatable bonds is 4. The smallest absolute Gasteiger partial charge is 0.161 e. The van der Waals surface area contributed by atoms with Crippen LogP contribution in [0.1, 0.15) is 24.2 Å². The van der Waals surface area contributed by atoms with Gasteiger partial charge in [0.15, 0.2) is 5.82 Å². The first-order valence-electron chi connectivity index (χ1n) is 5.99. The third-order valence-corrected chi connectivity index (χ3v) is 3.45. The minimum absolute atomic E-state index is 0.678. The average Bonchev–Trinajstić information content (AvgIpc) is 3.09. The van der Waals surface area contributed by atoms with Crippen LogP contribution in [0.4, 0.5) is 0 Å². The number of halogens is 1. The van der Waals surface area contributed by atoms with E-state index in [9.17, 15) is 0 Å². The molecule has 2 aromatic heterocycles. The standard InChI is InChI=1S/C12H14IN5/c1-8-14-4-9(5-15-11-2-3-11)12(17-8)18-7-10(13)6-16-18/h4,6-7,11,15H,2-3,5H2,1H3. The first-order valence-corrected chi connectivity index (χ1v) is 7.07. The van der Waals surface area contributed by atoms with E-state index in [1.165, 1.54) is 12.8 Å². The molecule has 0 amide bonds. The Bertz CT molecular complexity index is 561. The van der Waals surface area contributed by atoms with Crippen molar-refractivity contribution in [1.82, 2.24) is 25.1 Å². The average molecular weight is 355 g/mol. The summed E-state index contributed by atoms with van der Waals surface area (Å²) in [4.78, 5) is 8.78. The van der Waals surface area contributed by atoms with Gasteiger partial charge in [0.05, 0.1) is 9.77 Å². The van der Waals surface area contributed by atoms with Crippen molar-refractivity contribution < 1.29 is 0 Å². The lowest BCUT2D eigenvalue weighted by atomic mass is 10.3. The molecule has 18 heavy (non-hydrogen) atoms. The lowest BCUT2D eigenvalue weighted by Crippen LogP contribution is -2.18. The monoisotopic (exact) mass is 355 g/mol. The number of aryl methyl sites for hydroxylation is 1. The molecule has 1 aliphatic carbocycles. The van der Waals surface area contributed by atoms with Crippen LogP contribution >= 0.6 is 22.6 Å². The Kier molecular flexibility index (Phi) is 3.29. The van der Waals surface area contributed by atoms with Gasteiger partial charge in [-0.3, -0.25) is 0 Å². The highest BCUT2D eigenvalue weighted by molar-refractivity contribution is 14.1. The molecule has 0 unspecified atom stereocenters. The van der Waals surface area contributed by atoms with Crippen LogP contribution in [0.3, 0.4) is 0 Å². The van der Waals surface area contributed by atoms with Gasteiger partial charge in [0, 0.05) is 30.5 Å². The second-order valence-electron chi connectivity index (χ2n) is 4.52. The zero-order valence-electron chi connectivity index (χ0n) is 10.1. The maximum Gasteiger partial charge on any atom is 0.161 e. The molecule has 0 aliphatic heterocycles. The maximum atomic E-state index is 4.50. The zero-order valence-corrected chi connectivity index (χ0v) is 12.3. The Labute approximate surface area is 119 Å². The quantitative estimate of drug-likeness (QED) is 0.851. The molecule has 1 aliphatic rings. The van der Waals surface area contributed by atoms with Crippen LogP contribution in [-0.4, -0.2) is 25.8 Å². The fourth-order valence-electron chi connectivity index (χ4n) is 1.76. The minimum atomic E-state index is 0.678. The van der Waals surface area contributed by atoms with Crippen LogP contribution in [0, 0.1) is 10.5 Å². The highest BCUT2D eigenvalue weighted by Gasteiger charge is 2.21. The van der Waals surface area contributed by atoms with Crippen LogP contribution in [0.25, 0.3) is 5.82 Å². The lowest BCUT2D eigenvalue weighted by Gasteiger charge is -2.09. The van der Waals surface area contributed by atoms with Crippen molar-refractivity contribution in [2.24, 2.45) is 0 Å². The molecule has 94 valence electrons. The van der Waals surface area contributed by atoms with Crippen LogP contribution in [0.15, 0.2) is 18.6 Å². The fraction of sp³-hybridized carbons (Fsp3) is 0.417. The maximum absolute atomic E-state index is 4.50. The molecule has 5 nitrogen and oxygen atoms in total. The molecule has 0 aromatic carbocycles. The first kappa shape index (κ1) is 12.0. The second kappa shape index (κ2) is 4.93. The summed E-state index contributed by atoms with van der Waals surface area (Å²) >= 11 is 2.25. The zero-order chi connectivity index (χ0) is 12.5. The van der Waals surface area contributed by atoms with Gasteiger partial charge in [-0.1, -0.05) is 0 Å². The first-order chi connectivity index (χ1) is 8.72. The molecule has 0 radical (unpaired) electrons. The number of nitrogens with zero attached hydrogens (tertiary/aromatic N) is 4. The van der Waals surface area contributed by atoms with Gasteiger partial charge in [0.2, 0.25) is 0 Å². The largest absolute Gasteiger partial charge is 0.310 e. The summed E-state index contributed by atoms with van der Waals surface area (Å²) in [7, 11) is 0. The van der Waals surface area contributed by atoms with Gasteiger partial charge < -0.3 is 5.32 Å². The summed E-state index contributed by atoms with van der Waals surface area (Å²) in [6.45, 7) is 2.70. The fourth-order valence-corrected chi connectivity index (χ4v) is 2.15. The van der Waals surface area contributed by atoms with Crippen molar-refractivity contribution in [3.05, 3.63) is 33.5 Å². The Hall–Kier alpha value is -1.02. The van der Waals surface area contributed by atoms with Crippen LogP contribution < -0.4 is 5.32 Å². The summed E-state index contributed by atoms with van der Waals surface area (Å²) in [5.74, 6) is 1.64. The number of nitrogens with one attached hydrogen (secondary N) is 1. The van der Waals surface area contributed by atoms with Gasteiger partial charge in [0.25, 0.3) is 0 Å². The van der Waals surface area contributed by atoms with Crippen LogP contribution in [0.2, 0.25) is 0 Å². The van der Waals surface area contributed by atoms with Gasteiger partial charge >= 0.3 is 0 Å². The molecule has 3 rings (SSSR count). The van der Waals surface area contributed by atoms with E-state index in [1.807, 2.05) is 30.2 Å². The summed E-state index contributed by atoms with van der Waals surface area (Å²) in [5, 5.41) is 7.81. The van der Waals surface area contributed by atoms with E-state index < -0.39 is 0 Å². The van der Waals surface area contributed by atoms with E-state index in [1.54, 1.807) is 0 Å². The molecule has 0 saturated heterocycles. The van der Waals surface area contributed by atoms with E-state index in [2.05, 4.69) is 43.0 Å². The lowest BCUT2D eigenvalue weighted by molar-refractivity contribution is 0.671. The van der Waals surface area contributed by atoms with Gasteiger partial charge in [-0.05, 0) is 42.4 Å². The van der Waals surface area contributed by atoms with Gasteiger partial charge in [-0.25, -0.2) is 14.6 Å². The molecule has 1 N–H and O–H groups in total. The molecule has 0 atom stereocenters. The molecule has 1 saturated carbocycles. The second-order valence-corrected chi connectivity index (χ2v) is 5.77. The van der Waals surface area contributed by atoms with Crippen molar-refractivity contribution in [2.75, 3.05) is 0 Å². The van der Waals surface area contributed by atoms with Crippen molar-refractivity contribution in [1.29, 1.82) is 0 Å². The predicted octanol–water partition coefficient (Wildman–Crippen LogP) is 1.83. The van der Waals surface area contributed by atoms with Crippen molar-refractivity contribution in [3.63, 3.8) is 0 Å². The SMILES string of the molecule is Cc1ncc(CNC2CC2)c(-n2cc(I)cn2)n1. The molecular weight excluding hydrogens is 341 g/mol. The van der Waals surface area contributed by atoms with Gasteiger partial charge in [-0.2, -0.15) is 5.10 Å². The Morgan fingerprint density at radius 3 is 2.94 bits per heavy atom. The third-order valence-electron chi connectivity index (χ3n) is 2.89. The van der Waals surface area contributed by atoms with Crippen molar-refractivity contribution in [2.45, 2.75) is 32.4 Å². The molecule has 2 heterocycles. The van der Waals surface area contributed by atoms with Gasteiger partial charge in [-0.15, -0.1) is 0 Å². The third kappa shape index (κ3) is 2.69. The van der Waals surface area contributed by atoms with E-state index >= 15 is 0 Å². The molecule has 6 heteroatoms. The van der Waals surface area contributed by atoms with Crippen LogP contribution in [0.5, 0.6) is 0 Å². The van der Waals surface area contributed by atoms with E-state index in [4.69, 9.17) is 0 Å². The van der Waals surface area contributed by atoms with E-state index in [-0.39, 0.29) is 0 Å². The highest BCUT2D eigenvalue weighted by Crippen LogP contribution is 2.20.